The van der Waals surface area contributed by atoms with Crippen LogP contribution in [0.4, 0.5) is 4.39 Å². The van der Waals surface area contributed by atoms with Crippen LogP contribution in [0.25, 0.3) is 0 Å². The summed E-state index contributed by atoms with van der Waals surface area (Å²) in [5, 5.41) is 8.61. The number of carboxylic acid groups (broad SMARTS) is 1. The number of rotatable bonds is 5. The van der Waals surface area contributed by atoms with Crippen molar-refractivity contribution in [3.63, 3.8) is 0 Å². The molecule has 0 bridgehead atoms. The normalized spacial score (nSPS) is 12.4. The summed E-state index contributed by atoms with van der Waals surface area (Å²) in [7, 11) is 0. The smallest absolute Gasteiger partial charge is 0.320 e. The summed E-state index contributed by atoms with van der Waals surface area (Å²) in [6.07, 6.45) is 0.157. The number of aromatic amines is 1. The standard InChI is InChI=1S/C10H13FN2O3/c11-2-1-6-3-7(13-9(14)4-6)5-8(12)10(15)16/h3-4,8H,1-2,5,12H2,(H,13,14)(H,15,16)/t8-/m1/s1. The van der Waals surface area contributed by atoms with Gasteiger partial charge >= 0.3 is 5.97 Å². The van der Waals surface area contributed by atoms with E-state index in [1.54, 1.807) is 6.07 Å². The maximum atomic E-state index is 12.1. The molecule has 0 aliphatic rings. The average Bonchev–Trinajstić information content (AvgIpc) is 2.16. The number of aromatic nitrogens is 1. The molecule has 5 nitrogen and oxygen atoms in total. The molecule has 88 valence electrons. The van der Waals surface area contributed by atoms with Gasteiger partial charge in [0.2, 0.25) is 5.56 Å². The van der Waals surface area contributed by atoms with Crippen LogP contribution in [0.15, 0.2) is 16.9 Å². The van der Waals surface area contributed by atoms with Crippen LogP contribution in [0, 0.1) is 0 Å². The number of halogens is 1. The van der Waals surface area contributed by atoms with Gasteiger partial charge in [-0.05, 0) is 11.6 Å². The predicted octanol–water partition coefficient (Wildman–Crippen LogP) is -0.159. The van der Waals surface area contributed by atoms with Gasteiger partial charge in [-0.25, -0.2) is 0 Å². The summed E-state index contributed by atoms with van der Waals surface area (Å²) in [4.78, 5) is 24.2. The fraction of sp³-hybridized carbons (Fsp3) is 0.400. The van der Waals surface area contributed by atoms with Gasteiger partial charge < -0.3 is 15.8 Å². The van der Waals surface area contributed by atoms with Gasteiger partial charge in [0.05, 0.1) is 6.67 Å². The van der Waals surface area contributed by atoms with Crippen molar-refractivity contribution in [2.45, 2.75) is 18.9 Å². The van der Waals surface area contributed by atoms with E-state index in [0.29, 0.717) is 11.3 Å². The number of aryl methyl sites for hydroxylation is 1. The molecule has 0 aromatic carbocycles. The van der Waals surface area contributed by atoms with Crippen molar-refractivity contribution in [3.8, 4) is 0 Å². The monoisotopic (exact) mass is 228 g/mol. The lowest BCUT2D eigenvalue weighted by Crippen LogP contribution is -2.33. The van der Waals surface area contributed by atoms with Gasteiger partial charge in [-0.1, -0.05) is 0 Å². The predicted molar refractivity (Wildman–Crippen MR) is 56.1 cm³/mol. The Labute approximate surface area is 91.1 Å². The minimum absolute atomic E-state index is 0.0186. The average molecular weight is 228 g/mol. The van der Waals surface area contributed by atoms with Crippen molar-refractivity contribution in [2.24, 2.45) is 5.73 Å². The summed E-state index contributed by atoms with van der Waals surface area (Å²) < 4.78 is 12.1. The van der Waals surface area contributed by atoms with Crippen molar-refractivity contribution in [2.75, 3.05) is 6.67 Å². The first-order valence-corrected chi connectivity index (χ1v) is 4.79. The van der Waals surface area contributed by atoms with Crippen molar-refractivity contribution in [1.82, 2.24) is 4.98 Å². The highest BCUT2D eigenvalue weighted by molar-refractivity contribution is 5.73. The zero-order valence-corrected chi connectivity index (χ0v) is 8.57. The van der Waals surface area contributed by atoms with Crippen LogP contribution in [0.1, 0.15) is 11.3 Å². The number of aliphatic carboxylic acids is 1. The van der Waals surface area contributed by atoms with Crippen LogP contribution in [-0.4, -0.2) is 28.8 Å². The number of carbonyl (C=O) groups is 1. The van der Waals surface area contributed by atoms with Gasteiger partial charge in [0.15, 0.2) is 0 Å². The third-order valence-electron chi connectivity index (χ3n) is 2.10. The van der Waals surface area contributed by atoms with Crippen LogP contribution in [0.3, 0.4) is 0 Å². The van der Waals surface area contributed by atoms with E-state index in [1.165, 1.54) is 6.07 Å². The number of H-pyrrole nitrogens is 1. The fourth-order valence-corrected chi connectivity index (χ4v) is 1.35. The molecule has 0 amide bonds. The summed E-state index contributed by atoms with van der Waals surface area (Å²) in [5.74, 6) is -1.14. The molecule has 0 spiro atoms. The molecule has 6 heteroatoms. The van der Waals surface area contributed by atoms with Gasteiger partial charge in [-0.3, -0.25) is 14.0 Å². The van der Waals surface area contributed by atoms with E-state index in [2.05, 4.69) is 4.98 Å². The van der Waals surface area contributed by atoms with Gasteiger partial charge in [0.1, 0.15) is 6.04 Å². The van der Waals surface area contributed by atoms with Crippen molar-refractivity contribution in [3.05, 3.63) is 33.7 Å². The zero-order valence-electron chi connectivity index (χ0n) is 8.57. The number of carboxylic acids is 1. The summed E-state index contributed by atoms with van der Waals surface area (Å²) in [6.45, 7) is -0.562. The molecule has 16 heavy (non-hydrogen) atoms. The van der Waals surface area contributed by atoms with E-state index in [1.807, 2.05) is 0 Å². The van der Waals surface area contributed by atoms with E-state index in [9.17, 15) is 14.0 Å². The first-order valence-electron chi connectivity index (χ1n) is 4.79. The summed E-state index contributed by atoms with van der Waals surface area (Å²) in [6, 6.07) is 1.77. The van der Waals surface area contributed by atoms with E-state index < -0.39 is 18.7 Å². The maximum Gasteiger partial charge on any atom is 0.320 e. The Morgan fingerprint density at radius 3 is 2.81 bits per heavy atom. The first kappa shape index (κ1) is 12.4. The molecule has 1 rings (SSSR count). The molecular formula is C10H13FN2O3. The molecule has 1 aromatic rings. The molecule has 0 saturated heterocycles. The molecule has 0 unspecified atom stereocenters. The van der Waals surface area contributed by atoms with E-state index in [-0.39, 0.29) is 18.4 Å². The quantitative estimate of drug-likeness (QED) is 0.652. The SMILES string of the molecule is N[C@H](Cc1cc(CCF)cc(=O)[nH]1)C(=O)O. The minimum atomic E-state index is -1.14. The lowest BCUT2D eigenvalue weighted by Gasteiger charge is -2.07. The lowest BCUT2D eigenvalue weighted by molar-refractivity contribution is -0.138. The largest absolute Gasteiger partial charge is 0.480 e. The van der Waals surface area contributed by atoms with Gasteiger partial charge in [-0.15, -0.1) is 0 Å². The number of nitrogens with one attached hydrogen (secondary N) is 1. The first-order chi connectivity index (χ1) is 7.52. The molecule has 0 aliphatic carbocycles. The molecule has 4 N–H and O–H groups in total. The second-order valence-corrected chi connectivity index (χ2v) is 3.47. The molecule has 1 atom stereocenters. The summed E-state index contributed by atoms with van der Waals surface area (Å²) in [5.41, 5.74) is 5.90. The molecule has 1 heterocycles. The summed E-state index contributed by atoms with van der Waals surface area (Å²) >= 11 is 0. The van der Waals surface area contributed by atoms with Crippen LogP contribution >= 0.6 is 0 Å². The number of hydrogen-bond acceptors (Lipinski definition) is 3. The number of hydrogen-bond donors (Lipinski definition) is 3. The van der Waals surface area contributed by atoms with Crippen molar-refractivity contribution < 1.29 is 14.3 Å². The van der Waals surface area contributed by atoms with Crippen molar-refractivity contribution >= 4 is 5.97 Å². The van der Waals surface area contributed by atoms with Crippen LogP contribution in [0.5, 0.6) is 0 Å². The number of alkyl halides is 1. The second kappa shape index (κ2) is 5.41. The van der Waals surface area contributed by atoms with Gasteiger partial charge in [0, 0.05) is 24.6 Å². The van der Waals surface area contributed by atoms with E-state index >= 15 is 0 Å². The molecular weight excluding hydrogens is 215 g/mol. The van der Waals surface area contributed by atoms with E-state index in [0.717, 1.165) is 0 Å². The highest BCUT2D eigenvalue weighted by atomic mass is 19.1. The lowest BCUT2D eigenvalue weighted by atomic mass is 10.1. The zero-order chi connectivity index (χ0) is 12.1. The van der Waals surface area contributed by atoms with Crippen molar-refractivity contribution in [1.29, 1.82) is 0 Å². The number of pyridine rings is 1. The Morgan fingerprint density at radius 1 is 1.56 bits per heavy atom. The molecule has 1 aromatic heterocycles. The van der Waals surface area contributed by atoms with E-state index in [4.69, 9.17) is 10.8 Å². The van der Waals surface area contributed by atoms with Crippen LogP contribution in [-0.2, 0) is 17.6 Å². The number of nitrogens with two attached hydrogens (primary N) is 1. The maximum absolute atomic E-state index is 12.1. The Morgan fingerprint density at radius 2 is 2.25 bits per heavy atom. The second-order valence-electron chi connectivity index (χ2n) is 3.47. The molecule has 0 saturated carbocycles. The Bertz CT molecular complexity index is 430. The molecule has 0 aliphatic heterocycles. The fourth-order valence-electron chi connectivity index (χ4n) is 1.35. The van der Waals surface area contributed by atoms with Crippen LogP contribution in [0.2, 0.25) is 0 Å². The highest BCUT2D eigenvalue weighted by Gasteiger charge is 2.13. The van der Waals surface area contributed by atoms with Gasteiger partial charge in [0.25, 0.3) is 0 Å². The minimum Gasteiger partial charge on any atom is -0.480 e. The Balaban J connectivity index is 2.88. The topological polar surface area (TPSA) is 96.2 Å². The van der Waals surface area contributed by atoms with Crippen LogP contribution < -0.4 is 11.3 Å². The third-order valence-corrected chi connectivity index (χ3v) is 2.10. The third kappa shape index (κ3) is 3.47. The molecule has 0 radical (unpaired) electrons. The molecule has 0 fully saturated rings. The Kier molecular flexibility index (Phi) is 4.19. The highest BCUT2D eigenvalue weighted by Crippen LogP contribution is 2.03. The Hall–Kier alpha value is -1.69. The van der Waals surface area contributed by atoms with Gasteiger partial charge in [-0.2, -0.15) is 0 Å².